The van der Waals surface area contributed by atoms with E-state index in [0.717, 1.165) is 54.0 Å². The number of carbonyl (C=O) groups excluding carboxylic acids is 1. The number of amides is 1. The van der Waals surface area contributed by atoms with Crippen molar-refractivity contribution in [2.24, 2.45) is 0 Å². The Balaban J connectivity index is 1.31. The number of carbonyl (C=O) groups is 1. The number of nitrogens with one attached hydrogen (secondary N) is 1. The van der Waals surface area contributed by atoms with Crippen LogP contribution in [0.3, 0.4) is 0 Å². The van der Waals surface area contributed by atoms with E-state index in [1.807, 2.05) is 35.0 Å². The number of halogens is 1. The van der Waals surface area contributed by atoms with E-state index in [9.17, 15) is 9.18 Å². The summed E-state index contributed by atoms with van der Waals surface area (Å²) >= 11 is 0. The summed E-state index contributed by atoms with van der Waals surface area (Å²) in [6, 6.07) is 15.6. The van der Waals surface area contributed by atoms with E-state index >= 15 is 0 Å². The molecule has 5 aromatic rings. The van der Waals surface area contributed by atoms with Crippen LogP contribution in [0.1, 0.15) is 35.2 Å². The standard InChI is InChI=1S/C28H25FN6O/c29-22-8-5-20(6-9-22)26-27(34-13-2-1-3-14-34)33-23-10-7-21(16-24(23)32-26)28(36)31-17-19-4-11-25-30-12-15-35(25)18-19/h4-12,15-16,18H,1-3,13-14,17H2,(H,31,36). The van der Waals surface area contributed by atoms with E-state index in [4.69, 9.17) is 9.97 Å². The zero-order valence-electron chi connectivity index (χ0n) is 19.7. The quantitative estimate of drug-likeness (QED) is 0.383. The number of pyridine rings is 1. The molecule has 4 heterocycles. The van der Waals surface area contributed by atoms with E-state index in [2.05, 4.69) is 15.2 Å². The second-order valence-electron chi connectivity index (χ2n) is 9.07. The summed E-state index contributed by atoms with van der Waals surface area (Å²) in [5, 5.41) is 2.98. The molecule has 0 saturated carbocycles. The monoisotopic (exact) mass is 480 g/mol. The average Bonchev–Trinajstić information content (AvgIpc) is 3.40. The van der Waals surface area contributed by atoms with Crippen LogP contribution >= 0.6 is 0 Å². The number of aromatic nitrogens is 4. The zero-order valence-corrected chi connectivity index (χ0v) is 19.7. The minimum absolute atomic E-state index is 0.187. The van der Waals surface area contributed by atoms with Gasteiger partial charge in [0.15, 0.2) is 5.82 Å². The number of imidazole rings is 1. The van der Waals surface area contributed by atoms with Crippen LogP contribution in [0, 0.1) is 5.82 Å². The first kappa shape index (κ1) is 22.2. The van der Waals surface area contributed by atoms with Crippen LogP contribution in [-0.2, 0) is 6.54 Å². The lowest BCUT2D eigenvalue weighted by molar-refractivity contribution is 0.0951. The lowest BCUT2D eigenvalue weighted by atomic mass is 10.1. The zero-order chi connectivity index (χ0) is 24.5. The largest absolute Gasteiger partial charge is 0.355 e. The average molecular weight is 481 g/mol. The molecule has 0 bridgehead atoms. The van der Waals surface area contributed by atoms with Crippen LogP contribution in [0.25, 0.3) is 27.9 Å². The van der Waals surface area contributed by atoms with Crippen molar-refractivity contribution >= 4 is 28.4 Å². The maximum atomic E-state index is 13.6. The molecule has 1 saturated heterocycles. The second-order valence-corrected chi connectivity index (χ2v) is 9.07. The van der Waals surface area contributed by atoms with Crippen molar-refractivity contribution < 1.29 is 9.18 Å². The van der Waals surface area contributed by atoms with Gasteiger partial charge in [0, 0.05) is 49.4 Å². The molecule has 0 unspecified atom stereocenters. The molecular weight excluding hydrogens is 455 g/mol. The van der Waals surface area contributed by atoms with Crippen LogP contribution in [0.15, 0.2) is 73.2 Å². The Hall–Kier alpha value is -4.33. The first-order chi connectivity index (χ1) is 17.6. The summed E-state index contributed by atoms with van der Waals surface area (Å²) in [7, 11) is 0. The number of nitrogens with zero attached hydrogens (tertiary/aromatic N) is 5. The van der Waals surface area contributed by atoms with Crippen molar-refractivity contribution in [3.63, 3.8) is 0 Å². The van der Waals surface area contributed by atoms with Gasteiger partial charge in [0.2, 0.25) is 0 Å². The summed E-state index contributed by atoms with van der Waals surface area (Å²) in [5.41, 5.74) is 5.20. The maximum absolute atomic E-state index is 13.6. The number of rotatable bonds is 5. The highest BCUT2D eigenvalue weighted by molar-refractivity contribution is 5.98. The molecule has 7 nitrogen and oxygen atoms in total. The number of hydrogen-bond acceptors (Lipinski definition) is 5. The molecule has 2 aromatic carbocycles. The number of benzene rings is 2. The number of hydrogen-bond donors (Lipinski definition) is 1. The van der Waals surface area contributed by atoms with Crippen molar-refractivity contribution in [2.75, 3.05) is 18.0 Å². The van der Waals surface area contributed by atoms with Crippen molar-refractivity contribution in [1.29, 1.82) is 0 Å². The Morgan fingerprint density at radius 1 is 0.944 bits per heavy atom. The molecule has 8 heteroatoms. The van der Waals surface area contributed by atoms with E-state index in [1.54, 1.807) is 30.5 Å². The smallest absolute Gasteiger partial charge is 0.251 e. The first-order valence-electron chi connectivity index (χ1n) is 12.2. The highest BCUT2D eigenvalue weighted by Gasteiger charge is 2.20. The lowest BCUT2D eigenvalue weighted by Gasteiger charge is -2.29. The second kappa shape index (κ2) is 9.37. The van der Waals surface area contributed by atoms with Gasteiger partial charge in [-0.25, -0.2) is 19.3 Å². The van der Waals surface area contributed by atoms with Gasteiger partial charge in [-0.3, -0.25) is 4.79 Å². The molecule has 0 atom stereocenters. The van der Waals surface area contributed by atoms with Crippen LogP contribution < -0.4 is 10.2 Å². The minimum atomic E-state index is -0.293. The molecule has 180 valence electrons. The van der Waals surface area contributed by atoms with Gasteiger partial charge in [0.25, 0.3) is 5.91 Å². The van der Waals surface area contributed by atoms with Gasteiger partial charge in [0.05, 0.1) is 11.0 Å². The van der Waals surface area contributed by atoms with Crippen LogP contribution in [0.4, 0.5) is 10.2 Å². The van der Waals surface area contributed by atoms with Crippen molar-refractivity contribution in [3.8, 4) is 11.3 Å². The summed E-state index contributed by atoms with van der Waals surface area (Å²) < 4.78 is 15.5. The molecular formula is C28H25FN6O. The maximum Gasteiger partial charge on any atom is 0.251 e. The van der Waals surface area contributed by atoms with E-state index in [0.29, 0.717) is 23.3 Å². The molecule has 1 amide bonds. The topological polar surface area (TPSA) is 75.4 Å². The molecule has 6 rings (SSSR count). The molecule has 36 heavy (non-hydrogen) atoms. The number of anilines is 1. The summed E-state index contributed by atoms with van der Waals surface area (Å²) in [6.07, 6.45) is 8.98. The highest BCUT2D eigenvalue weighted by Crippen LogP contribution is 2.31. The predicted molar refractivity (Wildman–Crippen MR) is 137 cm³/mol. The molecule has 3 aromatic heterocycles. The van der Waals surface area contributed by atoms with Crippen LogP contribution in [-0.4, -0.2) is 38.3 Å². The Kier molecular flexibility index (Phi) is 5.77. The third-order valence-corrected chi connectivity index (χ3v) is 6.58. The number of piperidine rings is 1. The van der Waals surface area contributed by atoms with E-state index in [1.165, 1.54) is 18.6 Å². The molecule has 0 radical (unpaired) electrons. The van der Waals surface area contributed by atoms with Gasteiger partial charge in [-0.15, -0.1) is 0 Å². The van der Waals surface area contributed by atoms with Crippen LogP contribution in [0.2, 0.25) is 0 Å². The minimum Gasteiger partial charge on any atom is -0.355 e. The lowest BCUT2D eigenvalue weighted by Crippen LogP contribution is -2.31. The Morgan fingerprint density at radius 3 is 2.61 bits per heavy atom. The van der Waals surface area contributed by atoms with Gasteiger partial charge in [-0.2, -0.15) is 0 Å². The van der Waals surface area contributed by atoms with Crippen molar-refractivity contribution in [1.82, 2.24) is 24.7 Å². The van der Waals surface area contributed by atoms with Crippen molar-refractivity contribution in [2.45, 2.75) is 25.8 Å². The molecule has 1 N–H and O–H groups in total. The molecule has 1 aliphatic heterocycles. The third kappa shape index (κ3) is 4.37. The van der Waals surface area contributed by atoms with Crippen molar-refractivity contribution in [3.05, 3.63) is 90.1 Å². The van der Waals surface area contributed by atoms with Gasteiger partial charge < -0.3 is 14.6 Å². The highest BCUT2D eigenvalue weighted by atomic mass is 19.1. The molecule has 0 aliphatic carbocycles. The van der Waals surface area contributed by atoms with E-state index < -0.39 is 0 Å². The molecule has 1 aliphatic rings. The predicted octanol–water partition coefficient (Wildman–Crippen LogP) is 5.00. The summed E-state index contributed by atoms with van der Waals surface area (Å²) in [5.74, 6) is 0.326. The fourth-order valence-corrected chi connectivity index (χ4v) is 4.67. The number of fused-ring (bicyclic) bond motifs is 2. The third-order valence-electron chi connectivity index (χ3n) is 6.58. The normalized spacial score (nSPS) is 13.9. The Labute approximate surface area is 207 Å². The fourth-order valence-electron chi connectivity index (χ4n) is 4.67. The Bertz CT molecular complexity index is 1560. The van der Waals surface area contributed by atoms with Gasteiger partial charge in [-0.1, -0.05) is 6.07 Å². The van der Waals surface area contributed by atoms with E-state index in [-0.39, 0.29) is 11.7 Å². The summed E-state index contributed by atoms with van der Waals surface area (Å²) in [6.45, 7) is 2.23. The van der Waals surface area contributed by atoms with Crippen LogP contribution in [0.5, 0.6) is 0 Å². The van der Waals surface area contributed by atoms with Gasteiger partial charge in [0.1, 0.15) is 17.2 Å². The first-order valence-corrected chi connectivity index (χ1v) is 12.2. The molecule has 0 spiro atoms. The summed E-state index contributed by atoms with van der Waals surface area (Å²) in [4.78, 5) is 29.3. The SMILES string of the molecule is O=C(NCc1ccc2nccn2c1)c1ccc2nc(N3CCCCC3)c(-c3ccc(F)cc3)nc2c1. The Morgan fingerprint density at radius 2 is 1.78 bits per heavy atom. The van der Waals surface area contributed by atoms with Gasteiger partial charge in [-0.05, 0) is 73.4 Å². The van der Waals surface area contributed by atoms with Gasteiger partial charge >= 0.3 is 0 Å². The fraction of sp³-hybridized carbons (Fsp3) is 0.214. The molecule has 1 fully saturated rings.